The molecule has 1 fully saturated rings. The molecule has 11 heteroatoms. The number of halogens is 4. The Morgan fingerprint density at radius 1 is 1.28 bits per heavy atom. The molecule has 0 radical (unpaired) electrons. The highest BCUT2D eigenvalue weighted by Gasteiger charge is 2.39. The molecule has 176 valence electrons. The van der Waals surface area contributed by atoms with E-state index in [0.29, 0.717) is 13.0 Å². The number of aliphatic carboxylic acids is 1. The van der Waals surface area contributed by atoms with Gasteiger partial charge in [0.2, 0.25) is 5.91 Å². The van der Waals surface area contributed by atoms with Crippen LogP contribution in [-0.2, 0) is 20.8 Å². The molecule has 0 aromatic heterocycles. The molecule has 2 heterocycles. The molecule has 1 aromatic carbocycles. The van der Waals surface area contributed by atoms with E-state index < -0.39 is 30.3 Å². The van der Waals surface area contributed by atoms with Crippen LogP contribution < -0.4 is 10.6 Å². The van der Waals surface area contributed by atoms with Crippen LogP contribution >= 0.6 is 0 Å². The van der Waals surface area contributed by atoms with Gasteiger partial charge in [-0.25, -0.2) is 9.18 Å². The average Bonchev–Trinajstić information content (AvgIpc) is 3.32. The fourth-order valence-corrected chi connectivity index (χ4v) is 3.79. The van der Waals surface area contributed by atoms with E-state index in [4.69, 9.17) is 15.6 Å². The third-order valence-corrected chi connectivity index (χ3v) is 5.32. The first-order valence-electron chi connectivity index (χ1n) is 10.0. The summed E-state index contributed by atoms with van der Waals surface area (Å²) in [5, 5.41) is 7.12. The van der Waals surface area contributed by atoms with Crippen LogP contribution in [0.1, 0.15) is 25.3 Å². The number of primary amides is 1. The summed E-state index contributed by atoms with van der Waals surface area (Å²) in [6.45, 7) is 2.80. The van der Waals surface area contributed by atoms with E-state index in [2.05, 4.69) is 0 Å². The van der Waals surface area contributed by atoms with Gasteiger partial charge in [-0.05, 0) is 24.5 Å². The largest absolute Gasteiger partial charge is 0.490 e. The summed E-state index contributed by atoms with van der Waals surface area (Å²) in [4.78, 5) is 36.6. The molecular weight excluding hydrogens is 434 g/mol. The van der Waals surface area contributed by atoms with Crippen molar-refractivity contribution in [1.82, 2.24) is 4.90 Å². The minimum Gasteiger partial charge on any atom is -0.475 e. The summed E-state index contributed by atoms with van der Waals surface area (Å²) in [6.07, 6.45) is -1.16. The van der Waals surface area contributed by atoms with Crippen molar-refractivity contribution >= 4 is 23.5 Å². The number of nitrogens with two attached hydrogens (primary N) is 1. The van der Waals surface area contributed by atoms with Gasteiger partial charge >= 0.3 is 12.1 Å². The van der Waals surface area contributed by atoms with Crippen molar-refractivity contribution in [3.8, 4) is 0 Å². The quantitative estimate of drug-likeness (QED) is 0.520. The lowest BCUT2D eigenvalue weighted by atomic mass is 10.1. The van der Waals surface area contributed by atoms with Gasteiger partial charge in [-0.2, -0.15) is 13.2 Å². The number of carboxylic acid groups (broad SMARTS) is 1. The summed E-state index contributed by atoms with van der Waals surface area (Å²) in [6, 6.07) is 7.09. The van der Waals surface area contributed by atoms with Crippen LogP contribution in [0.25, 0.3) is 0 Å². The summed E-state index contributed by atoms with van der Waals surface area (Å²) in [5.41, 5.74) is 7.53. The molecule has 1 aromatic rings. The van der Waals surface area contributed by atoms with Gasteiger partial charge in [0.25, 0.3) is 5.91 Å². The Kier molecular flexibility index (Phi) is 8.37. The number of anilines is 1. The van der Waals surface area contributed by atoms with E-state index >= 15 is 0 Å². The maximum Gasteiger partial charge on any atom is 0.490 e. The predicted molar refractivity (Wildman–Crippen MR) is 109 cm³/mol. The number of rotatable bonds is 5. The van der Waals surface area contributed by atoms with Gasteiger partial charge in [0, 0.05) is 37.3 Å². The minimum absolute atomic E-state index is 0.0879. The van der Waals surface area contributed by atoms with Crippen molar-refractivity contribution in [2.45, 2.75) is 50.6 Å². The van der Waals surface area contributed by atoms with Gasteiger partial charge in [0.15, 0.2) is 0 Å². The maximum atomic E-state index is 13.7. The van der Waals surface area contributed by atoms with E-state index in [-0.39, 0.29) is 24.9 Å². The summed E-state index contributed by atoms with van der Waals surface area (Å²) in [7, 11) is 0. The maximum absolute atomic E-state index is 13.7. The van der Waals surface area contributed by atoms with Gasteiger partial charge in [0.05, 0.1) is 6.04 Å². The summed E-state index contributed by atoms with van der Waals surface area (Å²) < 4.78 is 45.5. The Morgan fingerprint density at radius 2 is 1.91 bits per heavy atom. The molecule has 0 spiro atoms. The molecule has 2 amide bonds. The Balaban J connectivity index is 0.000000451. The van der Waals surface area contributed by atoms with Crippen LogP contribution in [-0.4, -0.2) is 65.3 Å². The molecule has 3 N–H and O–H groups in total. The van der Waals surface area contributed by atoms with Gasteiger partial charge in [-0.1, -0.05) is 31.2 Å². The molecule has 32 heavy (non-hydrogen) atoms. The number of nitrogens with zero attached hydrogens (tertiary/aromatic N) is 2. The number of carboxylic acids is 1. The van der Waals surface area contributed by atoms with E-state index in [1.165, 1.54) is 5.56 Å². The van der Waals surface area contributed by atoms with Crippen molar-refractivity contribution in [3.63, 3.8) is 0 Å². The van der Waals surface area contributed by atoms with Crippen molar-refractivity contribution < 1.29 is 37.1 Å². The van der Waals surface area contributed by atoms with Crippen molar-refractivity contribution in [2.24, 2.45) is 5.73 Å². The van der Waals surface area contributed by atoms with Gasteiger partial charge in [-0.3, -0.25) is 14.5 Å². The fourth-order valence-electron chi connectivity index (χ4n) is 3.79. The van der Waals surface area contributed by atoms with Crippen molar-refractivity contribution in [3.05, 3.63) is 42.0 Å². The Morgan fingerprint density at radius 3 is 2.47 bits per heavy atom. The lowest BCUT2D eigenvalue weighted by molar-refractivity contribution is -0.192. The normalized spacial score (nSPS) is 21.7. The highest BCUT2D eigenvalue weighted by Crippen LogP contribution is 2.28. The van der Waals surface area contributed by atoms with Crippen LogP contribution in [0.3, 0.4) is 0 Å². The second-order valence-corrected chi connectivity index (χ2v) is 7.45. The van der Waals surface area contributed by atoms with Gasteiger partial charge in [-0.15, -0.1) is 0 Å². The zero-order valence-corrected chi connectivity index (χ0v) is 17.4. The third-order valence-electron chi connectivity index (χ3n) is 5.32. The van der Waals surface area contributed by atoms with Gasteiger partial charge < -0.3 is 15.7 Å². The molecule has 0 aliphatic carbocycles. The number of para-hydroxylation sites is 1. The molecular formula is C21H25F4N3O4. The molecule has 3 atom stereocenters. The fraction of sp³-hybridized carbons (Fsp3) is 0.476. The third kappa shape index (κ3) is 6.28. The highest BCUT2D eigenvalue weighted by molar-refractivity contribution is 6.02. The number of likely N-dealkylation sites (tertiary alicyclic amines) is 1. The first kappa shape index (κ1) is 25.3. The first-order valence-corrected chi connectivity index (χ1v) is 10.0. The van der Waals surface area contributed by atoms with Crippen LogP contribution in [0, 0.1) is 0 Å². The summed E-state index contributed by atoms with van der Waals surface area (Å²) >= 11 is 0. The lowest BCUT2D eigenvalue weighted by Crippen LogP contribution is -2.45. The number of carbonyl (C=O) groups excluding carboxylic acids is 2. The van der Waals surface area contributed by atoms with Crippen LogP contribution in [0.5, 0.6) is 0 Å². The second kappa shape index (κ2) is 10.6. The standard InChI is InChI=1S/C19H24FN3O2.C2HF3O2/c1-2-15(23-12-14(20)11-17(23)19(21)25)7-8-18(24)22-10-9-13-5-3-4-6-16(13)22;3-2(4,5)1(6)7/h3-8,14-15,17H,2,9-12H2,1H3,(H2,21,25);(H,6,7)/b8-7+;/t14-,15-,17-;/m0./s1. The number of alkyl halides is 4. The van der Waals surface area contributed by atoms with E-state index in [9.17, 15) is 27.2 Å². The molecule has 0 bridgehead atoms. The zero-order chi connectivity index (χ0) is 24.1. The minimum atomic E-state index is -5.08. The monoisotopic (exact) mass is 459 g/mol. The van der Waals surface area contributed by atoms with E-state index in [1.54, 1.807) is 22.0 Å². The molecule has 2 aliphatic heterocycles. The predicted octanol–water partition coefficient (Wildman–Crippen LogP) is 2.44. The lowest BCUT2D eigenvalue weighted by Gasteiger charge is -2.28. The molecule has 2 aliphatic rings. The molecule has 1 saturated heterocycles. The van der Waals surface area contributed by atoms with Crippen LogP contribution in [0.2, 0.25) is 0 Å². The smallest absolute Gasteiger partial charge is 0.475 e. The van der Waals surface area contributed by atoms with Crippen molar-refractivity contribution in [1.29, 1.82) is 0 Å². The van der Waals surface area contributed by atoms with Crippen molar-refractivity contribution in [2.75, 3.05) is 18.0 Å². The van der Waals surface area contributed by atoms with E-state index in [1.807, 2.05) is 31.2 Å². The Hall–Kier alpha value is -2.95. The summed E-state index contributed by atoms with van der Waals surface area (Å²) in [5.74, 6) is -3.35. The Bertz CT molecular complexity index is 875. The number of hydrogen-bond acceptors (Lipinski definition) is 4. The zero-order valence-electron chi connectivity index (χ0n) is 17.4. The number of fused-ring (bicyclic) bond motifs is 1. The molecule has 3 rings (SSSR count). The molecule has 0 saturated carbocycles. The SMILES string of the molecule is CC[C@@H](/C=C/C(=O)N1CCc2ccccc21)N1C[C@@H](F)C[C@H]1C(N)=O.O=C(O)C(F)(F)F. The van der Waals surface area contributed by atoms with Crippen LogP contribution in [0.4, 0.5) is 23.2 Å². The molecule has 7 nitrogen and oxygen atoms in total. The highest BCUT2D eigenvalue weighted by atomic mass is 19.4. The topological polar surface area (TPSA) is 104 Å². The van der Waals surface area contributed by atoms with E-state index in [0.717, 1.165) is 12.1 Å². The number of benzene rings is 1. The Labute approximate surface area is 182 Å². The van der Waals surface area contributed by atoms with Gasteiger partial charge in [0.1, 0.15) is 6.17 Å². The van der Waals surface area contributed by atoms with Crippen LogP contribution in [0.15, 0.2) is 36.4 Å². The first-order chi connectivity index (χ1) is 15.0. The average molecular weight is 459 g/mol. The number of carbonyl (C=O) groups is 3. The number of hydrogen-bond donors (Lipinski definition) is 2. The second-order valence-electron chi connectivity index (χ2n) is 7.45. The molecule has 0 unspecified atom stereocenters. The number of amides is 2.